The van der Waals surface area contributed by atoms with Crippen LogP contribution in [0.5, 0.6) is 5.88 Å². The molecule has 1 aliphatic heterocycles. The van der Waals surface area contributed by atoms with E-state index in [-0.39, 0.29) is 6.10 Å². The van der Waals surface area contributed by atoms with Gasteiger partial charge < -0.3 is 14.8 Å². The van der Waals surface area contributed by atoms with Crippen LogP contribution in [0.3, 0.4) is 0 Å². The highest BCUT2D eigenvalue weighted by Crippen LogP contribution is 2.19. The minimum atomic E-state index is 0.129. The normalized spacial score (nSPS) is 19.5. The molecule has 0 radical (unpaired) electrons. The van der Waals surface area contributed by atoms with Crippen molar-refractivity contribution >= 4 is 0 Å². The van der Waals surface area contributed by atoms with E-state index < -0.39 is 0 Å². The number of rotatable bonds is 5. The van der Waals surface area contributed by atoms with Crippen molar-refractivity contribution in [2.45, 2.75) is 32.9 Å². The van der Waals surface area contributed by atoms with Crippen molar-refractivity contribution in [1.29, 1.82) is 0 Å². The summed E-state index contributed by atoms with van der Waals surface area (Å²) in [5.74, 6) is 1.42. The van der Waals surface area contributed by atoms with Crippen molar-refractivity contribution in [2.24, 2.45) is 0 Å². The summed E-state index contributed by atoms with van der Waals surface area (Å²) in [6.45, 7) is 7.02. The van der Waals surface area contributed by atoms with Crippen LogP contribution in [0.15, 0.2) is 6.20 Å². The minimum Gasteiger partial charge on any atom is -0.471 e. The third-order valence-corrected chi connectivity index (χ3v) is 2.68. The molecule has 1 unspecified atom stereocenters. The van der Waals surface area contributed by atoms with Crippen LogP contribution in [0.1, 0.15) is 24.7 Å². The molecule has 0 spiro atoms. The zero-order chi connectivity index (χ0) is 12.1. The van der Waals surface area contributed by atoms with E-state index in [0.717, 1.165) is 37.5 Å². The van der Waals surface area contributed by atoms with Crippen LogP contribution >= 0.6 is 0 Å². The standard InChI is InChI=1S/C12H19N3O2/c1-3-13-6-10-7-14-9(2)15-12(10)17-11-4-5-16-8-11/h7,11,13H,3-6,8H2,1-2H3. The lowest BCUT2D eigenvalue weighted by atomic mass is 10.3. The highest BCUT2D eigenvalue weighted by atomic mass is 16.5. The number of ether oxygens (including phenoxy) is 2. The van der Waals surface area contributed by atoms with E-state index in [2.05, 4.69) is 22.2 Å². The van der Waals surface area contributed by atoms with Gasteiger partial charge in [-0.1, -0.05) is 6.92 Å². The summed E-state index contributed by atoms with van der Waals surface area (Å²) in [5.41, 5.74) is 1.00. The maximum absolute atomic E-state index is 5.87. The molecule has 94 valence electrons. The summed E-state index contributed by atoms with van der Waals surface area (Å²) in [4.78, 5) is 8.57. The molecule has 1 N–H and O–H groups in total. The Kier molecular flexibility index (Phi) is 4.28. The second-order valence-electron chi connectivity index (χ2n) is 4.13. The van der Waals surface area contributed by atoms with Crippen LogP contribution in [0.25, 0.3) is 0 Å². The van der Waals surface area contributed by atoms with Crippen LogP contribution in [0.2, 0.25) is 0 Å². The van der Waals surface area contributed by atoms with E-state index in [1.165, 1.54) is 0 Å². The van der Waals surface area contributed by atoms with Gasteiger partial charge in [0, 0.05) is 24.7 Å². The Labute approximate surface area is 102 Å². The molecule has 0 amide bonds. The Balaban J connectivity index is 2.08. The van der Waals surface area contributed by atoms with E-state index in [0.29, 0.717) is 12.5 Å². The van der Waals surface area contributed by atoms with Crippen molar-refractivity contribution in [3.63, 3.8) is 0 Å². The molecule has 2 heterocycles. The van der Waals surface area contributed by atoms with Crippen LogP contribution < -0.4 is 10.1 Å². The number of nitrogens with zero attached hydrogens (tertiary/aromatic N) is 2. The van der Waals surface area contributed by atoms with Gasteiger partial charge in [0.2, 0.25) is 5.88 Å². The monoisotopic (exact) mass is 237 g/mol. The highest BCUT2D eigenvalue weighted by Gasteiger charge is 2.19. The zero-order valence-electron chi connectivity index (χ0n) is 10.4. The van der Waals surface area contributed by atoms with Crippen molar-refractivity contribution < 1.29 is 9.47 Å². The maximum Gasteiger partial charge on any atom is 0.221 e. The molecule has 0 bridgehead atoms. The lowest BCUT2D eigenvalue weighted by Crippen LogP contribution is -2.20. The smallest absolute Gasteiger partial charge is 0.221 e. The van der Waals surface area contributed by atoms with Gasteiger partial charge in [-0.05, 0) is 13.5 Å². The van der Waals surface area contributed by atoms with Gasteiger partial charge >= 0.3 is 0 Å². The molecule has 5 nitrogen and oxygen atoms in total. The first-order valence-corrected chi connectivity index (χ1v) is 6.07. The summed E-state index contributed by atoms with van der Waals surface area (Å²) in [7, 11) is 0. The molecule has 17 heavy (non-hydrogen) atoms. The van der Waals surface area contributed by atoms with E-state index >= 15 is 0 Å². The Morgan fingerprint density at radius 3 is 3.18 bits per heavy atom. The molecule has 1 aliphatic rings. The lowest BCUT2D eigenvalue weighted by Gasteiger charge is -2.14. The molecule has 1 aromatic rings. The number of hydrogen-bond acceptors (Lipinski definition) is 5. The van der Waals surface area contributed by atoms with Gasteiger partial charge in [0.05, 0.1) is 13.2 Å². The fraction of sp³-hybridized carbons (Fsp3) is 0.667. The predicted octanol–water partition coefficient (Wildman–Crippen LogP) is 1.06. The van der Waals surface area contributed by atoms with E-state index in [1.54, 1.807) is 0 Å². The largest absolute Gasteiger partial charge is 0.471 e. The van der Waals surface area contributed by atoms with Crippen molar-refractivity contribution in [3.05, 3.63) is 17.6 Å². The minimum absolute atomic E-state index is 0.129. The average Bonchev–Trinajstić information content (AvgIpc) is 2.81. The summed E-state index contributed by atoms with van der Waals surface area (Å²) >= 11 is 0. The molecule has 2 rings (SSSR count). The van der Waals surface area contributed by atoms with Crippen LogP contribution in [-0.2, 0) is 11.3 Å². The molecule has 5 heteroatoms. The van der Waals surface area contributed by atoms with E-state index in [1.807, 2.05) is 13.1 Å². The summed E-state index contributed by atoms with van der Waals surface area (Å²) in [6, 6.07) is 0. The maximum atomic E-state index is 5.87. The van der Waals surface area contributed by atoms with Crippen LogP contribution in [-0.4, -0.2) is 35.8 Å². The second-order valence-corrected chi connectivity index (χ2v) is 4.13. The Morgan fingerprint density at radius 2 is 2.47 bits per heavy atom. The molecule has 1 fully saturated rings. The van der Waals surface area contributed by atoms with Gasteiger partial charge in [-0.15, -0.1) is 0 Å². The third kappa shape index (κ3) is 3.38. The molecular weight excluding hydrogens is 218 g/mol. The molecular formula is C12H19N3O2. The summed E-state index contributed by atoms with van der Waals surface area (Å²) < 4.78 is 11.2. The first-order chi connectivity index (χ1) is 8.29. The molecule has 1 atom stereocenters. The number of aromatic nitrogens is 2. The fourth-order valence-corrected chi connectivity index (χ4v) is 1.72. The number of aryl methyl sites for hydroxylation is 1. The molecule has 0 aliphatic carbocycles. The third-order valence-electron chi connectivity index (χ3n) is 2.68. The van der Waals surface area contributed by atoms with Crippen molar-refractivity contribution in [1.82, 2.24) is 15.3 Å². The number of nitrogens with one attached hydrogen (secondary N) is 1. The van der Waals surface area contributed by atoms with Gasteiger partial charge in [0.25, 0.3) is 0 Å². The Morgan fingerprint density at radius 1 is 1.59 bits per heavy atom. The fourth-order valence-electron chi connectivity index (χ4n) is 1.72. The summed E-state index contributed by atoms with van der Waals surface area (Å²) in [6.07, 6.45) is 2.89. The first kappa shape index (κ1) is 12.3. The van der Waals surface area contributed by atoms with Gasteiger partial charge in [-0.3, -0.25) is 0 Å². The number of hydrogen-bond donors (Lipinski definition) is 1. The van der Waals surface area contributed by atoms with Gasteiger partial charge in [0.15, 0.2) is 0 Å². The first-order valence-electron chi connectivity index (χ1n) is 6.07. The van der Waals surface area contributed by atoms with Crippen LogP contribution in [0, 0.1) is 6.92 Å². The van der Waals surface area contributed by atoms with Crippen molar-refractivity contribution in [3.8, 4) is 5.88 Å². The van der Waals surface area contributed by atoms with Crippen LogP contribution in [0.4, 0.5) is 0 Å². The zero-order valence-corrected chi connectivity index (χ0v) is 10.4. The molecule has 1 aromatic heterocycles. The molecule has 0 aromatic carbocycles. The quantitative estimate of drug-likeness (QED) is 0.830. The second kappa shape index (κ2) is 5.93. The van der Waals surface area contributed by atoms with Gasteiger partial charge in [0.1, 0.15) is 11.9 Å². The SMILES string of the molecule is CCNCc1cnc(C)nc1OC1CCOC1. The Hall–Kier alpha value is -1.20. The molecule has 1 saturated heterocycles. The van der Waals surface area contributed by atoms with E-state index in [4.69, 9.17) is 9.47 Å². The average molecular weight is 237 g/mol. The van der Waals surface area contributed by atoms with Crippen molar-refractivity contribution in [2.75, 3.05) is 19.8 Å². The predicted molar refractivity (Wildman–Crippen MR) is 64.0 cm³/mol. The van der Waals surface area contributed by atoms with Gasteiger partial charge in [-0.25, -0.2) is 4.98 Å². The van der Waals surface area contributed by atoms with E-state index in [9.17, 15) is 0 Å². The van der Waals surface area contributed by atoms with Gasteiger partial charge in [-0.2, -0.15) is 4.98 Å². The summed E-state index contributed by atoms with van der Waals surface area (Å²) in [5, 5.41) is 3.26. The highest BCUT2D eigenvalue weighted by molar-refractivity contribution is 5.23. The lowest BCUT2D eigenvalue weighted by molar-refractivity contribution is 0.137. The molecule has 0 saturated carbocycles. The topological polar surface area (TPSA) is 56.3 Å². The Bertz CT molecular complexity index is 365.